The SMILES string of the molecule is CS(=O)(=O)Nc1cc([C@@H](O)CNCCOc2ccc3c4c(oc3c2)CCCC4)ccc1O.Cl. The smallest absolute Gasteiger partial charge is 0.229 e. The summed E-state index contributed by atoms with van der Waals surface area (Å²) in [5.74, 6) is 1.63. The van der Waals surface area contributed by atoms with Crippen LogP contribution in [0.1, 0.15) is 35.8 Å². The largest absolute Gasteiger partial charge is 0.506 e. The second kappa shape index (κ2) is 10.6. The van der Waals surface area contributed by atoms with Crippen molar-refractivity contribution < 1.29 is 27.8 Å². The summed E-state index contributed by atoms with van der Waals surface area (Å²) in [5.41, 5.74) is 2.71. The van der Waals surface area contributed by atoms with Gasteiger partial charge in [-0.2, -0.15) is 0 Å². The van der Waals surface area contributed by atoms with E-state index in [1.54, 1.807) is 6.07 Å². The first-order valence-electron chi connectivity index (χ1n) is 10.7. The number of aliphatic hydroxyl groups excluding tert-OH is 1. The van der Waals surface area contributed by atoms with Crippen LogP contribution in [0.25, 0.3) is 11.0 Å². The zero-order valence-corrected chi connectivity index (χ0v) is 20.0. The van der Waals surface area contributed by atoms with E-state index in [2.05, 4.69) is 16.1 Å². The van der Waals surface area contributed by atoms with Crippen LogP contribution < -0.4 is 14.8 Å². The summed E-state index contributed by atoms with van der Waals surface area (Å²) in [4.78, 5) is 0. The number of rotatable bonds is 9. The van der Waals surface area contributed by atoms with E-state index in [0.29, 0.717) is 18.7 Å². The number of hydrogen-bond donors (Lipinski definition) is 4. The van der Waals surface area contributed by atoms with Gasteiger partial charge in [0.1, 0.15) is 29.4 Å². The standard InChI is InChI=1S/C23H28N2O6S.ClH/c1-32(28,29)25-19-12-15(6-9-20(19)26)21(27)14-24-10-11-30-16-7-8-18-17-4-2-3-5-22(17)31-23(18)13-16;/h6-9,12-13,21,24-27H,2-5,10-11,14H2,1H3;1H/t21-;/m0./s1. The Morgan fingerprint density at radius 2 is 1.94 bits per heavy atom. The number of ether oxygens (including phenoxy) is 1. The van der Waals surface area contributed by atoms with Gasteiger partial charge in [-0.15, -0.1) is 12.4 Å². The van der Waals surface area contributed by atoms with Crippen LogP contribution in [0.4, 0.5) is 5.69 Å². The molecule has 0 aliphatic heterocycles. The van der Waals surface area contributed by atoms with Crippen LogP contribution in [0.3, 0.4) is 0 Å². The number of anilines is 1. The Kier molecular flexibility index (Phi) is 8.12. The van der Waals surface area contributed by atoms with Crippen molar-refractivity contribution in [2.75, 3.05) is 30.7 Å². The first-order valence-corrected chi connectivity index (χ1v) is 12.6. The van der Waals surface area contributed by atoms with Crippen LogP contribution in [-0.2, 0) is 22.9 Å². The molecular weight excluding hydrogens is 468 g/mol. The fraction of sp³-hybridized carbons (Fsp3) is 0.391. The Labute approximate surface area is 199 Å². The number of phenolic OH excluding ortho intramolecular Hbond substituents is 1. The lowest BCUT2D eigenvalue weighted by Gasteiger charge is -2.15. The number of fused-ring (bicyclic) bond motifs is 3. The Morgan fingerprint density at radius 1 is 1.15 bits per heavy atom. The van der Waals surface area contributed by atoms with Crippen LogP contribution in [-0.4, -0.2) is 44.6 Å². The van der Waals surface area contributed by atoms with Gasteiger partial charge in [0.25, 0.3) is 0 Å². The van der Waals surface area contributed by atoms with Gasteiger partial charge in [-0.3, -0.25) is 4.72 Å². The highest BCUT2D eigenvalue weighted by molar-refractivity contribution is 7.92. The maximum absolute atomic E-state index is 11.4. The molecule has 1 heterocycles. The molecule has 3 aromatic rings. The molecule has 33 heavy (non-hydrogen) atoms. The minimum atomic E-state index is -3.54. The maximum Gasteiger partial charge on any atom is 0.229 e. The van der Waals surface area contributed by atoms with Gasteiger partial charge in [0.2, 0.25) is 10.0 Å². The summed E-state index contributed by atoms with van der Waals surface area (Å²) in [5, 5.41) is 24.5. The summed E-state index contributed by atoms with van der Waals surface area (Å²) in [7, 11) is -3.54. The van der Waals surface area contributed by atoms with Gasteiger partial charge in [0.15, 0.2) is 0 Å². The van der Waals surface area contributed by atoms with E-state index in [1.807, 2.05) is 12.1 Å². The zero-order chi connectivity index (χ0) is 22.7. The molecule has 1 aliphatic carbocycles. The predicted octanol–water partition coefficient (Wildman–Crippen LogP) is 3.51. The van der Waals surface area contributed by atoms with E-state index >= 15 is 0 Å². The number of sulfonamides is 1. The van der Waals surface area contributed by atoms with Crippen LogP contribution in [0, 0.1) is 0 Å². The second-order valence-corrected chi connectivity index (χ2v) is 9.84. The molecule has 4 rings (SSSR count). The molecule has 0 amide bonds. The van der Waals surface area contributed by atoms with Crippen molar-refractivity contribution in [1.29, 1.82) is 0 Å². The van der Waals surface area contributed by atoms with Crippen LogP contribution >= 0.6 is 12.4 Å². The molecule has 0 saturated carbocycles. The topological polar surface area (TPSA) is 121 Å². The number of halogens is 1. The van der Waals surface area contributed by atoms with Gasteiger partial charge >= 0.3 is 0 Å². The van der Waals surface area contributed by atoms with E-state index in [-0.39, 0.29) is 30.4 Å². The maximum atomic E-state index is 11.4. The van der Waals surface area contributed by atoms with Crippen molar-refractivity contribution in [2.45, 2.75) is 31.8 Å². The highest BCUT2D eigenvalue weighted by atomic mass is 35.5. The first-order chi connectivity index (χ1) is 15.3. The number of phenols is 1. The molecule has 1 aromatic heterocycles. The van der Waals surface area contributed by atoms with Crippen molar-refractivity contribution in [2.24, 2.45) is 0 Å². The Bertz CT molecular complexity index is 1210. The predicted molar refractivity (Wildman–Crippen MR) is 130 cm³/mol. The molecular formula is C23H29ClN2O6S. The van der Waals surface area contributed by atoms with Gasteiger partial charge in [-0.1, -0.05) is 6.07 Å². The molecule has 4 N–H and O–H groups in total. The lowest BCUT2D eigenvalue weighted by Crippen LogP contribution is -2.26. The van der Waals surface area contributed by atoms with Crippen molar-refractivity contribution in [3.8, 4) is 11.5 Å². The number of benzene rings is 2. The molecule has 180 valence electrons. The minimum absolute atomic E-state index is 0. The highest BCUT2D eigenvalue weighted by Crippen LogP contribution is 2.33. The summed E-state index contributed by atoms with van der Waals surface area (Å²) in [6.45, 7) is 1.17. The quantitative estimate of drug-likeness (QED) is 0.264. The molecule has 0 saturated heterocycles. The lowest BCUT2D eigenvalue weighted by molar-refractivity contribution is 0.172. The van der Waals surface area contributed by atoms with Crippen molar-refractivity contribution >= 4 is 39.1 Å². The normalized spacial score (nSPS) is 14.4. The van der Waals surface area contributed by atoms with E-state index < -0.39 is 16.1 Å². The molecule has 1 atom stereocenters. The van der Waals surface area contributed by atoms with Gasteiger partial charge in [0, 0.05) is 36.5 Å². The number of hydrogen-bond acceptors (Lipinski definition) is 7. The molecule has 1 aliphatic rings. The van der Waals surface area contributed by atoms with E-state index in [4.69, 9.17) is 9.15 Å². The first kappa shape index (κ1) is 25.2. The number of furan rings is 1. The lowest BCUT2D eigenvalue weighted by atomic mass is 9.96. The Balaban J connectivity index is 0.00000306. The molecule has 8 nitrogen and oxygen atoms in total. The summed E-state index contributed by atoms with van der Waals surface area (Å²) in [6.07, 6.45) is 4.57. The average Bonchev–Trinajstić information content (AvgIpc) is 3.11. The monoisotopic (exact) mass is 496 g/mol. The third kappa shape index (κ3) is 6.32. The van der Waals surface area contributed by atoms with Gasteiger partial charge in [-0.05, 0) is 49.1 Å². The third-order valence-corrected chi connectivity index (χ3v) is 6.11. The van der Waals surface area contributed by atoms with Gasteiger partial charge in [-0.25, -0.2) is 8.42 Å². The molecule has 10 heteroatoms. The van der Waals surface area contributed by atoms with Crippen LogP contribution in [0.15, 0.2) is 40.8 Å². The fourth-order valence-electron chi connectivity index (χ4n) is 3.97. The van der Waals surface area contributed by atoms with Gasteiger partial charge in [0.05, 0.1) is 18.0 Å². The number of aliphatic hydroxyl groups is 1. The molecule has 2 aromatic carbocycles. The summed E-state index contributed by atoms with van der Waals surface area (Å²) >= 11 is 0. The fourth-order valence-corrected chi connectivity index (χ4v) is 4.54. The number of aryl methyl sites for hydroxylation is 2. The minimum Gasteiger partial charge on any atom is -0.506 e. The molecule has 0 fully saturated rings. The molecule has 0 radical (unpaired) electrons. The van der Waals surface area contributed by atoms with Gasteiger partial charge < -0.3 is 24.7 Å². The third-order valence-electron chi connectivity index (χ3n) is 5.51. The van der Waals surface area contributed by atoms with E-state index in [1.165, 1.54) is 35.9 Å². The van der Waals surface area contributed by atoms with Crippen LogP contribution in [0.5, 0.6) is 11.5 Å². The van der Waals surface area contributed by atoms with Crippen molar-refractivity contribution in [3.05, 3.63) is 53.3 Å². The molecule has 0 bridgehead atoms. The van der Waals surface area contributed by atoms with E-state index in [9.17, 15) is 18.6 Å². The molecule has 0 spiro atoms. The second-order valence-electron chi connectivity index (χ2n) is 8.09. The summed E-state index contributed by atoms with van der Waals surface area (Å²) < 4.78 is 36.8. The highest BCUT2D eigenvalue weighted by Gasteiger charge is 2.18. The zero-order valence-electron chi connectivity index (χ0n) is 18.3. The van der Waals surface area contributed by atoms with Crippen molar-refractivity contribution in [1.82, 2.24) is 5.32 Å². The Hall–Kier alpha value is -2.46. The Morgan fingerprint density at radius 3 is 2.73 bits per heavy atom. The van der Waals surface area contributed by atoms with E-state index in [0.717, 1.165) is 36.2 Å². The number of nitrogens with one attached hydrogen (secondary N) is 2. The molecule has 0 unspecified atom stereocenters. The summed E-state index contributed by atoms with van der Waals surface area (Å²) in [6, 6.07) is 10.2. The average molecular weight is 497 g/mol. The van der Waals surface area contributed by atoms with Crippen molar-refractivity contribution in [3.63, 3.8) is 0 Å². The number of aromatic hydroxyl groups is 1. The van der Waals surface area contributed by atoms with Crippen LogP contribution in [0.2, 0.25) is 0 Å².